The van der Waals surface area contributed by atoms with Crippen molar-refractivity contribution < 1.29 is 14.3 Å². The van der Waals surface area contributed by atoms with Gasteiger partial charge in [0.15, 0.2) is 5.78 Å². The molecule has 6 nitrogen and oxygen atoms in total. The van der Waals surface area contributed by atoms with Gasteiger partial charge in [0.2, 0.25) is 0 Å². The molecule has 0 fully saturated rings. The Hall–Kier alpha value is -2.41. The van der Waals surface area contributed by atoms with Crippen LogP contribution in [0.5, 0.6) is 0 Å². The standard InChI is InChI=1S/C27H28BrN3O3S2/c1-4-34-26(33)22-14-7-5-6-8-18(14)36-25(22)31-16-11-27(2,3)12-17(32)23(16)21(15(13-29)24(31)30)19-9-10-20(28)35-19/h9-10,21H,4-8,11-12,30H2,1-3H3/t21-/m1/s1. The van der Waals surface area contributed by atoms with Gasteiger partial charge in [-0.2, -0.15) is 5.26 Å². The van der Waals surface area contributed by atoms with Gasteiger partial charge < -0.3 is 10.5 Å². The molecule has 3 heterocycles. The normalized spacial score (nSPS) is 21.2. The largest absolute Gasteiger partial charge is 0.462 e. The summed E-state index contributed by atoms with van der Waals surface area (Å²) in [5, 5.41) is 11.0. The van der Waals surface area contributed by atoms with Crippen LogP contribution >= 0.6 is 38.6 Å². The Morgan fingerprint density at radius 1 is 1.28 bits per heavy atom. The third kappa shape index (κ3) is 4.13. The van der Waals surface area contributed by atoms with Crippen LogP contribution in [0.4, 0.5) is 5.00 Å². The Labute approximate surface area is 227 Å². The summed E-state index contributed by atoms with van der Waals surface area (Å²) in [6.07, 6.45) is 4.80. The number of nitriles is 1. The number of nitrogens with two attached hydrogens (primary N) is 1. The van der Waals surface area contributed by atoms with Crippen LogP contribution in [-0.2, 0) is 22.4 Å². The molecular formula is C27H28BrN3O3S2. The molecule has 0 unspecified atom stereocenters. The predicted octanol–water partition coefficient (Wildman–Crippen LogP) is 6.57. The topological polar surface area (TPSA) is 96.4 Å². The molecule has 2 N–H and O–H groups in total. The van der Waals surface area contributed by atoms with Crippen molar-refractivity contribution in [2.75, 3.05) is 11.5 Å². The summed E-state index contributed by atoms with van der Waals surface area (Å²) in [6, 6.07) is 6.21. The predicted molar refractivity (Wildman–Crippen MR) is 146 cm³/mol. The van der Waals surface area contributed by atoms with Crippen LogP contribution in [0.1, 0.15) is 78.0 Å². The lowest BCUT2D eigenvalue weighted by atomic mass is 9.70. The molecule has 0 bridgehead atoms. The summed E-state index contributed by atoms with van der Waals surface area (Å²) >= 11 is 6.58. The molecule has 1 aliphatic heterocycles. The van der Waals surface area contributed by atoms with Gasteiger partial charge in [0, 0.05) is 27.4 Å². The minimum absolute atomic E-state index is 0.0278. The van der Waals surface area contributed by atoms with Crippen LogP contribution in [0.3, 0.4) is 0 Å². The Kier molecular flexibility index (Phi) is 6.64. The number of carbonyl (C=O) groups excluding carboxylic acids is 2. The molecule has 0 saturated heterocycles. The number of hydrogen-bond acceptors (Lipinski definition) is 8. The van der Waals surface area contributed by atoms with E-state index in [-0.39, 0.29) is 23.8 Å². The van der Waals surface area contributed by atoms with Gasteiger partial charge in [0.1, 0.15) is 10.8 Å². The fraction of sp³-hybridized carbons (Fsp3) is 0.444. The highest BCUT2D eigenvalue weighted by Gasteiger charge is 2.46. The zero-order valence-electron chi connectivity index (χ0n) is 20.6. The number of anilines is 1. The maximum absolute atomic E-state index is 13.7. The zero-order chi connectivity index (χ0) is 25.8. The van der Waals surface area contributed by atoms with E-state index in [2.05, 4.69) is 35.8 Å². The van der Waals surface area contributed by atoms with Gasteiger partial charge >= 0.3 is 5.97 Å². The number of thiophene rings is 2. The van der Waals surface area contributed by atoms with Gasteiger partial charge in [-0.3, -0.25) is 9.69 Å². The molecule has 1 atom stereocenters. The fourth-order valence-electron chi connectivity index (χ4n) is 5.63. The number of esters is 1. The summed E-state index contributed by atoms with van der Waals surface area (Å²) in [5.74, 6) is -0.562. The zero-order valence-corrected chi connectivity index (χ0v) is 23.8. The van der Waals surface area contributed by atoms with Crippen LogP contribution in [-0.4, -0.2) is 18.4 Å². The van der Waals surface area contributed by atoms with Crippen LogP contribution in [0.25, 0.3) is 0 Å². The van der Waals surface area contributed by atoms with Crippen LogP contribution in [0.2, 0.25) is 0 Å². The number of carbonyl (C=O) groups is 2. The lowest BCUT2D eigenvalue weighted by Gasteiger charge is -2.43. The van der Waals surface area contributed by atoms with Gasteiger partial charge in [-0.05, 0) is 78.1 Å². The van der Waals surface area contributed by atoms with Crippen molar-refractivity contribution in [2.45, 2.75) is 65.2 Å². The smallest absolute Gasteiger partial charge is 0.341 e. The first-order chi connectivity index (χ1) is 17.2. The van der Waals surface area contributed by atoms with E-state index in [0.717, 1.165) is 45.6 Å². The SMILES string of the molecule is CCOC(=O)c1c(N2C(N)=C(C#N)[C@H](c3ccc(Br)s3)C3=C2CC(C)(C)CC3=O)sc2c1CCCC2. The lowest BCUT2D eigenvalue weighted by Crippen LogP contribution is -2.42. The number of hydrogen-bond donors (Lipinski definition) is 1. The second-order valence-corrected chi connectivity index (χ2v) is 13.8. The monoisotopic (exact) mass is 585 g/mol. The maximum atomic E-state index is 13.7. The number of halogens is 1. The van der Waals surface area contributed by atoms with E-state index in [0.29, 0.717) is 40.4 Å². The Morgan fingerprint density at radius 3 is 2.69 bits per heavy atom. The van der Waals surface area contributed by atoms with E-state index in [1.807, 2.05) is 17.0 Å². The van der Waals surface area contributed by atoms with Gasteiger partial charge in [-0.15, -0.1) is 22.7 Å². The van der Waals surface area contributed by atoms with Gasteiger partial charge in [0.25, 0.3) is 0 Å². The molecule has 0 radical (unpaired) electrons. The molecule has 9 heteroatoms. The highest BCUT2D eigenvalue weighted by atomic mass is 79.9. The number of Topliss-reactive ketones (excluding diaryl/α,β-unsaturated/α-hetero) is 1. The van der Waals surface area contributed by atoms with E-state index in [1.54, 1.807) is 18.3 Å². The van der Waals surface area contributed by atoms with Gasteiger partial charge in [-0.25, -0.2) is 4.79 Å². The third-order valence-corrected chi connectivity index (χ3v) is 10.1. The minimum Gasteiger partial charge on any atom is -0.462 e. The summed E-state index contributed by atoms with van der Waals surface area (Å²) in [5.41, 5.74) is 9.88. The molecule has 36 heavy (non-hydrogen) atoms. The van der Waals surface area contributed by atoms with Crippen LogP contribution in [0.15, 0.2) is 38.6 Å². The summed E-state index contributed by atoms with van der Waals surface area (Å²) in [4.78, 5) is 30.9. The highest BCUT2D eigenvalue weighted by molar-refractivity contribution is 9.11. The van der Waals surface area contributed by atoms with Crippen molar-refractivity contribution in [3.63, 3.8) is 0 Å². The molecule has 3 aliphatic rings. The fourth-order valence-corrected chi connectivity index (χ4v) is 8.59. The maximum Gasteiger partial charge on any atom is 0.341 e. The number of allylic oxidation sites excluding steroid dienone is 3. The first-order valence-electron chi connectivity index (χ1n) is 12.2. The second-order valence-electron chi connectivity index (χ2n) is 10.2. The van der Waals surface area contributed by atoms with E-state index in [1.165, 1.54) is 16.2 Å². The highest BCUT2D eigenvalue weighted by Crippen LogP contribution is 2.53. The summed E-state index contributed by atoms with van der Waals surface area (Å²) in [7, 11) is 0. The molecule has 2 aromatic rings. The molecule has 0 aromatic carbocycles. The Bertz CT molecular complexity index is 1370. The molecule has 2 aromatic heterocycles. The van der Waals surface area contributed by atoms with Crippen molar-refractivity contribution in [1.29, 1.82) is 5.26 Å². The van der Waals surface area contributed by atoms with Crippen LogP contribution < -0.4 is 10.6 Å². The van der Waals surface area contributed by atoms with E-state index in [9.17, 15) is 14.9 Å². The molecule has 0 spiro atoms. The summed E-state index contributed by atoms with van der Waals surface area (Å²) < 4.78 is 6.42. The third-order valence-electron chi connectivity index (χ3n) is 7.09. The molecule has 188 valence electrons. The number of aryl methyl sites for hydroxylation is 1. The first kappa shape index (κ1) is 25.2. The number of ether oxygens (including phenoxy) is 1. The Balaban J connectivity index is 1.79. The second kappa shape index (κ2) is 9.47. The Morgan fingerprint density at radius 2 is 2.03 bits per heavy atom. The van der Waals surface area contributed by atoms with Gasteiger partial charge in [-0.1, -0.05) is 13.8 Å². The van der Waals surface area contributed by atoms with Crippen LogP contribution in [0, 0.1) is 16.7 Å². The van der Waals surface area contributed by atoms with Crippen molar-refractivity contribution >= 4 is 55.4 Å². The molecule has 0 amide bonds. The lowest BCUT2D eigenvalue weighted by molar-refractivity contribution is -0.118. The van der Waals surface area contributed by atoms with Gasteiger partial charge in [0.05, 0.1) is 33.5 Å². The van der Waals surface area contributed by atoms with Crippen molar-refractivity contribution in [2.24, 2.45) is 11.1 Å². The first-order valence-corrected chi connectivity index (χ1v) is 14.6. The number of nitrogens with zero attached hydrogens (tertiary/aromatic N) is 2. The minimum atomic E-state index is -0.512. The molecule has 2 aliphatic carbocycles. The molecular weight excluding hydrogens is 558 g/mol. The number of ketones is 1. The molecule has 0 saturated carbocycles. The average Bonchev–Trinajstić information content (AvgIpc) is 3.41. The van der Waals surface area contributed by atoms with Crippen molar-refractivity contribution in [1.82, 2.24) is 0 Å². The average molecular weight is 587 g/mol. The van der Waals surface area contributed by atoms with Crippen molar-refractivity contribution in [3.05, 3.63) is 59.5 Å². The number of fused-ring (bicyclic) bond motifs is 1. The van der Waals surface area contributed by atoms with E-state index >= 15 is 0 Å². The summed E-state index contributed by atoms with van der Waals surface area (Å²) in [6.45, 7) is 6.22. The number of rotatable bonds is 4. The quantitative estimate of drug-likeness (QED) is 0.407. The molecule has 5 rings (SSSR count). The van der Waals surface area contributed by atoms with E-state index < -0.39 is 5.92 Å². The van der Waals surface area contributed by atoms with Crippen molar-refractivity contribution in [3.8, 4) is 6.07 Å². The van der Waals surface area contributed by atoms with E-state index in [4.69, 9.17) is 10.5 Å².